The van der Waals surface area contributed by atoms with E-state index in [0.717, 1.165) is 6.07 Å². The molecule has 206 valence electrons. The van der Waals surface area contributed by atoms with Gasteiger partial charge < -0.3 is 10.2 Å². The molecule has 0 radical (unpaired) electrons. The molecule has 2 aromatic rings. The molecule has 3 atom stereocenters. The van der Waals surface area contributed by atoms with Crippen molar-refractivity contribution in [2.24, 2.45) is 15.5 Å². The summed E-state index contributed by atoms with van der Waals surface area (Å²) in [6, 6.07) is 2.97. The molecule has 0 fully saturated rings. The summed E-state index contributed by atoms with van der Waals surface area (Å²) < 4.78 is 42.8. The topological polar surface area (TPSA) is 98.3 Å². The van der Waals surface area contributed by atoms with Crippen LogP contribution in [0.1, 0.15) is 70.7 Å². The molecule has 0 saturated carbocycles. The fourth-order valence-electron chi connectivity index (χ4n) is 4.46. The van der Waals surface area contributed by atoms with Crippen molar-refractivity contribution in [3.63, 3.8) is 0 Å². The van der Waals surface area contributed by atoms with Crippen LogP contribution in [0.15, 0.2) is 52.3 Å². The van der Waals surface area contributed by atoms with Gasteiger partial charge in [0.25, 0.3) is 6.43 Å². The highest BCUT2D eigenvalue weighted by Crippen LogP contribution is 2.33. The second-order valence-corrected chi connectivity index (χ2v) is 11.6. The van der Waals surface area contributed by atoms with E-state index >= 15 is 0 Å². The molecule has 11 heteroatoms. The van der Waals surface area contributed by atoms with Crippen LogP contribution < -0.4 is 5.32 Å². The van der Waals surface area contributed by atoms with Crippen LogP contribution in [0.25, 0.3) is 0 Å². The maximum absolute atomic E-state index is 14.8. The van der Waals surface area contributed by atoms with Crippen molar-refractivity contribution in [2.75, 3.05) is 6.54 Å². The molecule has 1 aromatic carbocycles. The summed E-state index contributed by atoms with van der Waals surface area (Å²) in [6.07, 6.45) is 0.850. The largest absolute Gasteiger partial charge is 0.389 e. The van der Waals surface area contributed by atoms with Crippen molar-refractivity contribution >= 4 is 11.5 Å². The Hall–Kier alpha value is -3.02. The molecule has 1 aromatic heterocycles. The van der Waals surface area contributed by atoms with E-state index in [1.54, 1.807) is 48.9 Å². The van der Waals surface area contributed by atoms with E-state index in [0.29, 0.717) is 29.2 Å². The number of aliphatic hydroxyl groups excluding tert-OH is 1. The van der Waals surface area contributed by atoms with E-state index in [-0.39, 0.29) is 23.6 Å². The number of aliphatic hydroxyl groups is 2. The summed E-state index contributed by atoms with van der Waals surface area (Å²) in [4.78, 5) is 4.84. The number of aromatic nitrogens is 2. The van der Waals surface area contributed by atoms with Gasteiger partial charge in [0.2, 0.25) is 0 Å². The summed E-state index contributed by atoms with van der Waals surface area (Å²) in [7, 11) is 0. The van der Waals surface area contributed by atoms with Crippen LogP contribution in [-0.4, -0.2) is 61.0 Å². The molecule has 0 saturated heterocycles. The first-order chi connectivity index (χ1) is 17.6. The lowest BCUT2D eigenvalue weighted by Crippen LogP contribution is -2.41. The molecule has 2 aliphatic rings. The molecular formula is C27H35F3N6O2. The number of amidine groups is 1. The molecule has 3 N–H and O–H groups in total. The number of hydrogen-bond donors (Lipinski definition) is 3. The molecule has 0 bridgehead atoms. The first kappa shape index (κ1) is 28.0. The molecule has 38 heavy (non-hydrogen) atoms. The maximum atomic E-state index is 14.8. The number of aliphatic imine (C=N–C) groups is 1. The third-order valence-corrected chi connectivity index (χ3v) is 6.59. The summed E-state index contributed by atoms with van der Waals surface area (Å²) in [6.45, 7) is 12.0. The molecule has 3 heterocycles. The average molecular weight is 533 g/mol. The second kappa shape index (κ2) is 10.3. The zero-order valence-corrected chi connectivity index (χ0v) is 22.5. The molecule has 0 spiro atoms. The third-order valence-electron chi connectivity index (χ3n) is 6.59. The number of halogens is 3. The molecule has 2 aliphatic heterocycles. The van der Waals surface area contributed by atoms with E-state index in [2.05, 4.69) is 31.2 Å². The normalized spacial score (nSPS) is 19.7. The monoisotopic (exact) mass is 532 g/mol. The van der Waals surface area contributed by atoms with Crippen LogP contribution in [-0.2, 0) is 6.54 Å². The minimum atomic E-state index is -2.94. The minimum Gasteiger partial charge on any atom is -0.389 e. The van der Waals surface area contributed by atoms with Crippen molar-refractivity contribution in [3.8, 4) is 0 Å². The second-order valence-electron chi connectivity index (χ2n) is 11.6. The Morgan fingerprint density at radius 2 is 1.84 bits per heavy atom. The summed E-state index contributed by atoms with van der Waals surface area (Å²) >= 11 is 0. The highest BCUT2D eigenvalue weighted by molar-refractivity contribution is 6.16. The number of rotatable bonds is 8. The fraction of sp³-hybridized carbons (Fsp3) is 0.519. The number of fused-ring (bicyclic) bond motifs is 1. The number of nitrogens with zero attached hydrogens (tertiary/aromatic N) is 5. The van der Waals surface area contributed by atoms with Crippen molar-refractivity contribution in [1.82, 2.24) is 20.1 Å². The average Bonchev–Trinajstić information content (AvgIpc) is 3.44. The summed E-state index contributed by atoms with van der Waals surface area (Å²) in [5, 5.41) is 35.2. The quantitative estimate of drug-likeness (QED) is 0.444. The van der Waals surface area contributed by atoms with Gasteiger partial charge in [-0.25, -0.2) is 18.2 Å². The van der Waals surface area contributed by atoms with Gasteiger partial charge >= 0.3 is 0 Å². The van der Waals surface area contributed by atoms with E-state index in [1.165, 1.54) is 12.1 Å². The van der Waals surface area contributed by atoms with Gasteiger partial charge in [-0.1, -0.05) is 39.0 Å². The Balaban J connectivity index is 1.66. The SMILES string of the molecule is C[C@@H](NC(O)C1=CC(c2cnn(CC(C)(C)O)c2)=NN2C[C@@H](C(C)(C)C)N=C12)c1cccc(C(F)F)c1F. The van der Waals surface area contributed by atoms with Crippen molar-refractivity contribution in [3.05, 3.63) is 64.7 Å². The number of nitrogens with one attached hydrogen (secondary N) is 1. The zero-order valence-electron chi connectivity index (χ0n) is 22.5. The number of allylic oxidation sites excluding steroid dienone is 1. The number of hydrogen-bond acceptors (Lipinski definition) is 7. The molecule has 1 unspecified atom stereocenters. The Morgan fingerprint density at radius 3 is 2.47 bits per heavy atom. The molecular weight excluding hydrogens is 497 g/mol. The first-order valence-corrected chi connectivity index (χ1v) is 12.6. The summed E-state index contributed by atoms with van der Waals surface area (Å²) in [5.74, 6) is -0.506. The maximum Gasteiger partial charge on any atom is 0.266 e. The smallest absolute Gasteiger partial charge is 0.266 e. The highest BCUT2D eigenvalue weighted by Gasteiger charge is 2.39. The zero-order chi connectivity index (χ0) is 28.0. The minimum absolute atomic E-state index is 0.0258. The lowest BCUT2D eigenvalue weighted by molar-refractivity contribution is 0.0577. The van der Waals surface area contributed by atoms with E-state index in [1.807, 2.05) is 0 Å². The number of benzene rings is 1. The van der Waals surface area contributed by atoms with Crippen LogP contribution in [0.4, 0.5) is 13.2 Å². The number of hydrazone groups is 1. The Kier molecular flexibility index (Phi) is 7.57. The molecule has 0 amide bonds. The van der Waals surface area contributed by atoms with Crippen LogP contribution >= 0.6 is 0 Å². The Bertz CT molecular complexity index is 1270. The first-order valence-electron chi connectivity index (χ1n) is 12.6. The van der Waals surface area contributed by atoms with Crippen LogP contribution in [0.3, 0.4) is 0 Å². The van der Waals surface area contributed by atoms with Gasteiger partial charge in [0, 0.05) is 28.9 Å². The molecule has 4 rings (SSSR count). The van der Waals surface area contributed by atoms with E-state index in [9.17, 15) is 23.4 Å². The van der Waals surface area contributed by atoms with Gasteiger partial charge in [-0.15, -0.1) is 0 Å². The van der Waals surface area contributed by atoms with E-state index < -0.39 is 35.7 Å². The predicted octanol–water partition coefficient (Wildman–Crippen LogP) is 4.17. The van der Waals surface area contributed by atoms with Gasteiger partial charge in [-0.3, -0.25) is 15.0 Å². The van der Waals surface area contributed by atoms with Gasteiger partial charge in [-0.05, 0) is 32.3 Å². The van der Waals surface area contributed by atoms with Gasteiger partial charge in [-0.2, -0.15) is 10.2 Å². The van der Waals surface area contributed by atoms with Gasteiger partial charge in [0.15, 0.2) is 5.84 Å². The molecule has 0 aliphatic carbocycles. The van der Waals surface area contributed by atoms with Crippen LogP contribution in [0, 0.1) is 11.2 Å². The Labute approximate surface area is 220 Å². The highest BCUT2D eigenvalue weighted by atomic mass is 19.3. The summed E-state index contributed by atoms with van der Waals surface area (Å²) in [5.41, 5.74) is -0.129. The van der Waals surface area contributed by atoms with Crippen molar-refractivity contribution in [2.45, 2.75) is 78.4 Å². The Morgan fingerprint density at radius 1 is 1.16 bits per heavy atom. The predicted molar refractivity (Wildman–Crippen MR) is 139 cm³/mol. The van der Waals surface area contributed by atoms with Crippen LogP contribution in [0.5, 0.6) is 0 Å². The standard InChI is InChI=1S/C27H35F3N6O2/c1-15(17-8-7-9-18(22(17)28)23(29)30)32-25(37)19-10-20(16-11-31-35(12-16)14-27(5,6)38)34-36-13-21(26(2,3)4)33-24(19)36/h7-12,15,21,23,25,32,37-38H,13-14H2,1-6H3/t15-,21+,25?/m1/s1. The van der Waals surface area contributed by atoms with Gasteiger partial charge in [0.1, 0.15) is 12.0 Å². The third kappa shape index (κ3) is 6.00. The fourth-order valence-corrected chi connectivity index (χ4v) is 4.46. The lowest BCUT2D eigenvalue weighted by Gasteiger charge is -2.28. The van der Waals surface area contributed by atoms with Gasteiger partial charge in [0.05, 0.1) is 42.2 Å². The van der Waals surface area contributed by atoms with E-state index in [4.69, 9.17) is 10.1 Å². The van der Waals surface area contributed by atoms with Crippen molar-refractivity contribution in [1.29, 1.82) is 0 Å². The lowest BCUT2D eigenvalue weighted by atomic mass is 9.87. The van der Waals surface area contributed by atoms with Crippen molar-refractivity contribution < 1.29 is 23.4 Å². The van der Waals surface area contributed by atoms with Crippen LogP contribution in [0.2, 0.25) is 0 Å². The number of alkyl halides is 2. The molecule has 8 nitrogen and oxygen atoms in total.